The van der Waals surface area contributed by atoms with Gasteiger partial charge in [0.25, 0.3) is 0 Å². The number of nitrogens with zero attached hydrogens (tertiary/aromatic N) is 1. The molecule has 2 aliphatic rings. The maximum Gasteiger partial charge on any atom is 0.241 e. The SMILES string of the molecule is CC1(C2CCN(C(=O)CNC(=O)Cc3ccccc3)CC2)OCCO1. The van der Waals surface area contributed by atoms with Crippen molar-refractivity contribution < 1.29 is 19.1 Å². The Morgan fingerprint density at radius 1 is 1.16 bits per heavy atom. The van der Waals surface area contributed by atoms with Crippen LogP contribution in [0, 0.1) is 5.92 Å². The minimum Gasteiger partial charge on any atom is -0.348 e. The van der Waals surface area contributed by atoms with E-state index in [0.717, 1.165) is 18.4 Å². The topological polar surface area (TPSA) is 67.9 Å². The second-order valence-electron chi connectivity index (χ2n) is 6.81. The maximum atomic E-state index is 12.3. The Bertz CT molecular complexity index is 591. The highest BCUT2D eigenvalue weighted by Gasteiger charge is 2.41. The van der Waals surface area contributed by atoms with Gasteiger partial charge in [0, 0.05) is 19.0 Å². The van der Waals surface area contributed by atoms with Gasteiger partial charge in [0.15, 0.2) is 5.79 Å². The summed E-state index contributed by atoms with van der Waals surface area (Å²) in [7, 11) is 0. The average Bonchev–Trinajstić information content (AvgIpc) is 3.08. The van der Waals surface area contributed by atoms with Crippen LogP contribution in [0.5, 0.6) is 0 Å². The van der Waals surface area contributed by atoms with Crippen molar-refractivity contribution in [1.29, 1.82) is 0 Å². The second-order valence-corrected chi connectivity index (χ2v) is 6.81. The maximum absolute atomic E-state index is 12.3. The molecule has 1 N–H and O–H groups in total. The van der Waals surface area contributed by atoms with E-state index in [0.29, 0.717) is 38.6 Å². The molecule has 2 amide bonds. The third kappa shape index (κ3) is 4.58. The standard InChI is InChI=1S/C19H26N2O4/c1-19(24-11-12-25-19)16-7-9-21(10-8-16)18(23)14-20-17(22)13-15-5-3-2-4-6-15/h2-6,16H,7-14H2,1H3,(H,20,22). The normalized spacial score (nSPS) is 20.4. The van der Waals surface area contributed by atoms with Crippen LogP contribution >= 0.6 is 0 Å². The molecule has 0 aromatic heterocycles. The van der Waals surface area contributed by atoms with E-state index in [-0.39, 0.29) is 18.4 Å². The van der Waals surface area contributed by atoms with Crippen molar-refractivity contribution in [2.75, 3.05) is 32.8 Å². The number of amides is 2. The van der Waals surface area contributed by atoms with Gasteiger partial charge in [-0.3, -0.25) is 9.59 Å². The van der Waals surface area contributed by atoms with E-state index < -0.39 is 5.79 Å². The number of hydrogen-bond donors (Lipinski definition) is 1. The Kier molecular flexibility index (Phi) is 5.71. The van der Waals surface area contributed by atoms with Crippen molar-refractivity contribution in [2.45, 2.75) is 32.0 Å². The van der Waals surface area contributed by atoms with Gasteiger partial charge in [0.05, 0.1) is 26.2 Å². The molecule has 3 rings (SSSR count). The largest absolute Gasteiger partial charge is 0.348 e. The summed E-state index contributed by atoms with van der Waals surface area (Å²) in [5.41, 5.74) is 0.943. The van der Waals surface area contributed by atoms with Gasteiger partial charge in [0.2, 0.25) is 11.8 Å². The van der Waals surface area contributed by atoms with E-state index >= 15 is 0 Å². The molecule has 1 aromatic rings. The fourth-order valence-electron chi connectivity index (χ4n) is 3.55. The predicted octanol–water partition coefficient (Wildman–Crippen LogP) is 1.35. The van der Waals surface area contributed by atoms with Gasteiger partial charge in [-0.1, -0.05) is 30.3 Å². The number of hydrogen-bond acceptors (Lipinski definition) is 4. The van der Waals surface area contributed by atoms with Crippen LogP contribution in [-0.2, 0) is 25.5 Å². The number of carbonyl (C=O) groups excluding carboxylic acids is 2. The summed E-state index contributed by atoms with van der Waals surface area (Å²) in [4.78, 5) is 26.1. The zero-order chi connectivity index (χ0) is 17.7. The molecular formula is C19H26N2O4. The summed E-state index contributed by atoms with van der Waals surface area (Å²) < 4.78 is 11.5. The van der Waals surface area contributed by atoms with Gasteiger partial charge in [-0.2, -0.15) is 0 Å². The van der Waals surface area contributed by atoms with E-state index in [4.69, 9.17) is 9.47 Å². The van der Waals surface area contributed by atoms with Gasteiger partial charge in [0.1, 0.15) is 0 Å². The quantitative estimate of drug-likeness (QED) is 0.874. The van der Waals surface area contributed by atoms with Gasteiger partial charge in [-0.15, -0.1) is 0 Å². The molecule has 6 nitrogen and oxygen atoms in total. The molecule has 2 saturated heterocycles. The van der Waals surface area contributed by atoms with Crippen LogP contribution in [0.15, 0.2) is 30.3 Å². The van der Waals surface area contributed by atoms with E-state index in [1.54, 1.807) is 0 Å². The predicted molar refractivity (Wildman–Crippen MR) is 92.8 cm³/mol. The first-order valence-corrected chi connectivity index (χ1v) is 8.93. The zero-order valence-corrected chi connectivity index (χ0v) is 14.7. The molecule has 6 heteroatoms. The molecule has 0 atom stereocenters. The summed E-state index contributed by atoms with van der Waals surface area (Å²) in [5.74, 6) is -0.348. The Labute approximate surface area is 148 Å². The van der Waals surface area contributed by atoms with E-state index in [1.807, 2.05) is 42.2 Å². The molecule has 1 aromatic carbocycles. The molecule has 0 unspecified atom stereocenters. The van der Waals surface area contributed by atoms with Crippen molar-refractivity contribution in [3.05, 3.63) is 35.9 Å². The van der Waals surface area contributed by atoms with E-state index in [2.05, 4.69) is 5.32 Å². The number of piperidine rings is 1. The second kappa shape index (κ2) is 7.97. The lowest BCUT2D eigenvalue weighted by molar-refractivity contribution is -0.191. The third-order valence-electron chi connectivity index (χ3n) is 5.09. The van der Waals surface area contributed by atoms with Crippen LogP contribution in [0.25, 0.3) is 0 Å². The highest BCUT2D eigenvalue weighted by atomic mass is 16.7. The molecule has 0 aliphatic carbocycles. The highest BCUT2D eigenvalue weighted by molar-refractivity contribution is 5.85. The molecule has 0 radical (unpaired) electrons. The van der Waals surface area contributed by atoms with Crippen molar-refractivity contribution in [3.8, 4) is 0 Å². The number of likely N-dealkylation sites (tertiary alicyclic amines) is 1. The van der Waals surface area contributed by atoms with E-state index in [9.17, 15) is 9.59 Å². The van der Waals surface area contributed by atoms with Crippen LogP contribution in [0.3, 0.4) is 0 Å². The van der Waals surface area contributed by atoms with Gasteiger partial charge in [-0.05, 0) is 25.3 Å². The van der Waals surface area contributed by atoms with Crippen LogP contribution < -0.4 is 5.32 Å². The first kappa shape index (κ1) is 17.9. The number of carbonyl (C=O) groups is 2. The Hall–Kier alpha value is -1.92. The summed E-state index contributed by atoms with van der Waals surface area (Å²) in [6.07, 6.45) is 2.02. The van der Waals surface area contributed by atoms with Crippen LogP contribution in [-0.4, -0.2) is 55.3 Å². The molecular weight excluding hydrogens is 320 g/mol. The summed E-state index contributed by atoms with van der Waals surface area (Å²) in [6.45, 7) is 4.69. The molecule has 2 fully saturated rings. The minimum absolute atomic E-state index is 0.0294. The molecule has 0 spiro atoms. The van der Waals surface area contributed by atoms with Gasteiger partial charge < -0.3 is 19.7 Å². The third-order valence-corrected chi connectivity index (χ3v) is 5.09. The molecule has 25 heavy (non-hydrogen) atoms. The van der Waals surface area contributed by atoms with Crippen LogP contribution in [0.2, 0.25) is 0 Å². The molecule has 2 heterocycles. The Balaban J connectivity index is 1.40. The lowest BCUT2D eigenvalue weighted by Gasteiger charge is -2.39. The minimum atomic E-state index is -0.501. The van der Waals surface area contributed by atoms with Gasteiger partial charge >= 0.3 is 0 Å². The van der Waals surface area contributed by atoms with Crippen LogP contribution in [0.1, 0.15) is 25.3 Å². The molecule has 136 valence electrons. The van der Waals surface area contributed by atoms with Gasteiger partial charge in [-0.25, -0.2) is 0 Å². The van der Waals surface area contributed by atoms with Crippen molar-refractivity contribution in [3.63, 3.8) is 0 Å². The Morgan fingerprint density at radius 2 is 1.80 bits per heavy atom. The van der Waals surface area contributed by atoms with Crippen molar-refractivity contribution in [1.82, 2.24) is 10.2 Å². The van der Waals surface area contributed by atoms with Crippen molar-refractivity contribution in [2.24, 2.45) is 5.92 Å². The number of ether oxygens (including phenoxy) is 2. The zero-order valence-electron chi connectivity index (χ0n) is 14.7. The fraction of sp³-hybridized carbons (Fsp3) is 0.579. The summed E-state index contributed by atoms with van der Waals surface area (Å²) in [6, 6.07) is 9.52. The van der Waals surface area contributed by atoms with E-state index in [1.165, 1.54) is 0 Å². The summed E-state index contributed by atoms with van der Waals surface area (Å²) in [5, 5.41) is 2.72. The smallest absolute Gasteiger partial charge is 0.241 e. The number of rotatable bonds is 5. The molecule has 2 aliphatic heterocycles. The average molecular weight is 346 g/mol. The number of benzene rings is 1. The lowest BCUT2D eigenvalue weighted by Crippen LogP contribution is -2.48. The monoisotopic (exact) mass is 346 g/mol. The molecule has 0 bridgehead atoms. The first-order valence-electron chi connectivity index (χ1n) is 8.93. The number of nitrogens with one attached hydrogen (secondary N) is 1. The highest BCUT2D eigenvalue weighted by Crippen LogP contribution is 2.34. The lowest BCUT2D eigenvalue weighted by atomic mass is 9.89. The Morgan fingerprint density at radius 3 is 2.44 bits per heavy atom. The fourth-order valence-corrected chi connectivity index (χ4v) is 3.55. The van der Waals surface area contributed by atoms with Crippen molar-refractivity contribution >= 4 is 11.8 Å². The molecule has 0 saturated carbocycles. The first-order chi connectivity index (χ1) is 12.1. The van der Waals surface area contributed by atoms with Crippen LogP contribution in [0.4, 0.5) is 0 Å². The summed E-state index contributed by atoms with van der Waals surface area (Å²) >= 11 is 0.